The molecule has 5 nitrogen and oxygen atoms in total. The van der Waals surface area contributed by atoms with Crippen molar-refractivity contribution in [2.75, 3.05) is 13.2 Å². The van der Waals surface area contributed by atoms with Crippen LogP contribution in [0.5, 0.6) is 0 Å². The van der Waals surface area contributed by atoms with E-state index in [0.717, 1.165) is 18.5 Å². The second-order valence-corrected chi connectivity index (χ2v) is 5.57. The van der Waals surface area contributed by atoms with Gasteiger partial charge in [0.05, 0.1) is 9.95 Å². The highest BCUT2D eigenvalue weighted by molar-refractivity contribution is 6.31. The Labute approximate surface area is 123 Å². The van der Waals surface area contributed by atoms with Crippen LogP contribution in [-0.2, 0) is 6.54 Å². The van der Waals surface area contributed by atoms with E-state index >= 15 is 0 Å². The van der Waals surface area contributed by atoms with Crippen LogP contribution in [0.25, 0.3) is 0 Å². The second-order valence-electron chi connectivity index (χ2n) is 5.17. The monoisotopic (exact) mass is 298 g/mol. The highest BCUT2D eigenvalue weighted by atomic mass is 35.5. The molecule has 0 spiro atoms. The van der Waals surface area contributed by atoms with Gasteiger partial charge < -0.3 is 5.11 Å². The molecule has 0 aromatic heterocycles. The average Bonchev–Trinajstić information content (AvgIpc) is 2.35. The number of non-ortho nitro benzene ring substituents is 1. The zero-order valence-electron chi connectivity index (χ0n) is 11.3. The smallest absolute Gasteiger partial charge is 0.270 e. The van der Waals surface area contributed by atoms with E-state index in [1.165, 1.54) is 31.4 Å². The molecule has 20 heavy (non-hydrogen) atoms. The van der Waals surface area contributed by atoms with Crippen molar-refractivity contribution in [2.45, 2.75) is 38.3 Å². The molecule has 0 bridgehead atoms. The molecule has 1 fully saturated rings. The molecular formula is C14H19ClN2O3. The van der Waals surface area contributed by atoms with E-state index in [1.807, 2.05) is 0 Å². The van der Waals surface area contributed by atoms with Gasteiger partial charge in [-0.3, -0.25) is 15.0 Å². The lowest BCUT2D eigenvalue weighted by atomic mass is 9.91. The van der Waals surface area contributed by atoms with Gasteiger partial charge in [0.1, 0.15) is 0 Å². The van der Waals surface area contributed by atoms with Crippen LogP contribution in [-0.4, -0.2) is 34.1 Å². The third-order valence-electron chi connectivity index (χ3n) is 3.82. The van der Waals surface area contributed by atoms with E-state index < -0.39 is 4.92 Å². The molecule has 0 unspecified atom stereocenters. The molecule has 110 valence electrons. The van der Waals surface area contributed by atoms with Gasteiger partial charge in [0.2, 0.25) is 0 Å². The van der Waals surface area contributed by atoms with Crippen molar-refractivity contribution in [1.82, 2.24) is 4.90 Å². The van der Waals surface area contributed by atoms with Gasteiger partial charge >= 0.3 is 0 Å². The lowest BCUT2D eigenvalue weighted by Crippen LogP contribution is -2.40. The van der Waals surface area contributed by atoms with Gasteiger partial charge in [-0.15, -0.1) is 0 Å². The Morgan fingerprint density at radius 2 is 2.20 bits per heavy atom. The number of rotatable bonds is 7. The van der Waals surface area contributed by atoms with Crippen molar-refractivity contribution in [3.8, 4) is 0 Å². The molecule has 2 rings (SSSR count). The van der Waals surface area contributed by atoms with Crippen molar-refractivity contribution in [2.24, 2.45) is 0 Å². The van der Waals surface area contributed by atoms with Crippen molar-refractivity contribution in [1.29, 1.82) is 0 Å². The summed E-state index contributed by atoms with van der Waals surface area (Å²) in [7, 11) is 0. The number of hydrogen-bond donors (Lipinski definition) is 1. The Balaban J connectivity index is 2.07. The fraction of sp³-hybridized carbons (Fsp3) is 0.571. The van der Waals surface area contributed by atoms with Gasteiger partial charge in [0.15, 0.2) is 0 Å². The Morgan fingerprint density at radius 1 is 1.45 bits per heavy atom. The van der Waals surface area contributed by atoms with E-state index in [-0.39, 0.29) is 12.3 Å². The highest BCUT2D eigenvalue weighted by Crippen LogP contribution is 2.29. The number of halogens is 1. The van der Waals surface area contributed by atoms with E-state index in [4.69, 9.17) is 16.7 Å². The summed E-state index contributed by atoms with van der Waals surface area (Å²) in [5.74, 6) is 0. The first-order valence-electron chi connectivity index (χ1n) is 6.89. The molecule has 1 aliphatic rings. The maximum atomic E-state index is 10.7. The summed E-state index contributed by atoms with van der Waals surface area (Å²) >= 11 is 6.14. The zero-order valence-corrected chi connectivity index (χ0v) is 12.1. The predicted octanol–water partition coefficient (Wildman–Crippen LogP) is 2.99. The van der Waals surface area contributed by atoms with Gasteiger partial charge in [-0.2, -0.15) is 0 Å². The topological polar surface area (TPSA) is 66.6 Å². The number of benzene rings is 1. The highest BCUT2D eigenvalue weighted by Gasteiger charge is 2.25. The van der Waals surface area contributed by atoms with Crippen LogP contribution in [0, 0.1) is 10.1 Å². The van der Waals surface area contributed by atoms with E-state index in [1.54, 1.807) is 6.07 Å². The molecule has 1 saturated carbocycles. The van der Waals surface area contributed by atoms with Crippen LogP contribution in [0.4, 0.5) is 5.69 Å². The molecule has 0 heterocycles. The zero-order chi connectivity index (χ0) is 14.5. The van der Waals surface area contributed by atoms with Gasteiger partial charge in [-0.1, -0.05) is 18.0 Å². The minimum Gasteiger partial charge on any atom is -0.396 e. The van der Waals surface area contributed by atoms with Crippen LogP contribution in [0.1, 0.15) is 31.2 Å². The van der Waals surface area contributed by atoms with Crippen LogP contribution >= 0.6 is 11.6 Å². The quantitative estimate of drug-likeness (QED) is 0.621. The number of nitrogens with zero attached hydrogens (tertiary/aromatic N) is 2. The molecular weight excluding hydrogens is 280 g/mol. The number of hydrogen-bond acceptors (Lipinski definition) is 4. The van der Waals surface area contributed by atoms with Gasteiger partial charge in [-0.25, -0.2) is 0 Å². The molecule has 0 atom stereocenters. The van der Waals surface area contributed by atoms with E-state index in [9.17, 15) is 10.1 Å². The van der Waals surface area contributed by atoms with Crippen LogP contribution in [0.3, 0.4) is 0 Å². The summed E-state index contributed by atoms with van der Waals surface area (Å²) in [5.41, 5.74) is 0.923. The first-order valence-corrected chi connectivity index (χ1v) is 7.27. The Kier molecular flexibility index (Phi) is 5.34. The first kappa shape index (κ1) is 15.2. The molecule has 0 aliphatic heterocycles. The maximum Gasteiger partial charge on any atom is 0.270 e. The Morgan fingerprint density at radius 3 is 2.70 bits per heavy atom. The third kappa shape index (κ3) is 3.69. The van der Waals surface area contributed by atoms with Gasteiger partial charge in [0, 0.05) is 37.9 Å². The van der Waals surface area contributed by atoms with Crippen LogP contribution in [0.15, 0.2) is 18.2 Å². The van der Waals surface area contributed by atoms with Gasteiger partial charge in [0.25, 0.3) is 5.69 Å². The average molecular weight is 299 g/mol. The molecule has 1 aromatic rings. The SMILES string of the molecule is O=[N+]([O-])c1ccc(CN(CCCO)C2CCC2)c(Cl)c1. The number of aliphatic hydroxyl groups is 1. The minimum atomic E-state index is -0.439. The molecule has 1 N–H and O–H groups in total. The summed E-state index contributed by atoms with van der Waals surface area (Å²) in [6, 6.07) is 5.17. The third-order valence-corrected chi connectivity index (χ3v) is 4.17. The molecule has 0 radical (unpaired) electrons. The fourth-order valence-electron chi connectivity index (χ4n) is 2.41. The molecule has 1 aromatic carbocycles. The summed E-state index contributed by atoms with van der Waals surface area (Å²) < 4.78 is 0. The number of nitro groups is 1. The van der Waals surface area contributed by atoms with E-state index in [2.05, 4.69) is 4.90 Å². The van der Waals surface area contributed by atoms with Gasteiger partial charge in [-0.05, 0) is 30.9 Å². The molecule has 0 saturated heterocycles. The summed E-state index contributed by atoms with van der Waals surface area (Å²) in [6.07, 6.45) is 4.33. The summed E-state index contributed by atoms with van der Waals surface area (Å²) in [5, 5.41) is 20.1. The lowest BCUT2D eigenvalue weighted by molar-refractivity contribution is -0.384. The molecule has 0 amide bonds. The van der Waals surface area contributed by atoms with Crippen molar-refractivity contribution in [3.63, 3.8) is 0 Å². The summed E-state index contributed by atoms with van der Waals surface area (Å²) in [6.45, 7) is 1.69. The Bertz CT molecular complexity index is 477. The lowest BCUT2D eigenvalue weighted by Gasteiger charge is -2.37. The minimum absolute atomic E-state index is 0.0179. The normalized spacial score (nSPS) is 15.3. The summed E-state index contributed by atoms with van der Waals surface area (Å²) in [4.78, 5) is 12.6. The maximum absolute atomic E-state index is 10.7. The number of nitro benzene ring substituents is 1. The van der Waals surface area contributed by atoms with Crippen LogP contribution < -0.4 is 0 Å². The van der Waals surface area contributed by atoms with Crippen molar-refractivity contribution >= 4 is 17.3 Å². The van der Waals surface area contributed by atoms with Crippen molar-refractivity contribution in [3.05, 3.63) is 38.9 Å². The van der Waals surface area contributed by atoms with Crippen LogP contribution in [0.2, 0.25) is 5.02 Å². The standard InChI is InChI=1S/C14H19ClN2O3/c15-14-9-13(17(19)20)6-5-11(14)10-16(7-2-8-18)12-3-1-4-12/h5-6,9,12,18H,1-4,7-8,10H2. The second kappa shape index (κ2) is 7.02. The fourth-order valence-corrected chi connectivity index (χ4v) is 2.65. The largest absolute Gasteiger partial charge is 0.396 e. The number of aliphatic hydroxyl groups excluding tert-OH is 1. The first-order chi connectivity index (χ1) is 9.61. The van der Waals surface area contributed by atoms with E-state index in [0.29, 0.717) is 17.6 Å². The Hall–Kier alpha value is -1.17. The predicted molar refractivity (Wildman–Crippen MR) is 77.9 cm³/mol. The molecule has 1 aliphatic carbocycles. The molecule has 6 heteroatoms. The van der Waals surface area contributed by atoms with Crippen molar-refractivity contribution < 1.29 is 10.0 Å².